The summed E-state index contributed by atoms with van der Waals surface area (Å²) >= 11 is 0. The maximum absolute atomic E-state index is 4.38. The minimum absolute atomic E-state index is 0.0389. The lowest BCUT2D eigenvalue weighted by molar-refractivity contribution is 0.195. The zero-order valence-electron chi connectivity index (χ0n) is 44.2. The Morgan fingerprint density at radius 3 is 1.66 bits per heavy atom. The largest absolute Gasteiger partial charge is 0.334 e. The van der Waals surface area contributed by atoms with Gasteiger partial charge < -0.3 is 14.7 Å². The fourth-order valence-corrected chi connectivity index (χ4v) is 13.4. The molecular formula is C69H65BN4. The van der Waals surface area contributed by atoms with Crippen LogP contribution in [0.15, 0.2) is 200 Å². The summed E-state index contributed by atoms with van der Waals surface area (Å²) in [6.07, 6.45) is 8.48. The van der Waals surface area contributed by atoms with Gasteiger partial charge in [0.2, 0.25) is 0 Å². The average molecular weight is 961 g/mol. The van der Waals surface area contributed by atoms with Crippen LogP contribution in [0.1, 0.15) is 97.8 Å². The summed E-state index contributed by atoms with van der Waals surface area (Å²) in [6, 6.07) is 71.8. The first-order valence-electron chi connectivity index (χ1n) is 26.9. The standard InChI is InChI=1S/C69H65BN4/c1-66(2,3)52-22-17-23-55(42-52)73-62-43-53(67(4,5)6)28-31-58(62)70-59-41-51(47-20-13-10-14-21-47)27-33-61(59)72(54-29-24-48(25-30-54)46-18-11-9-12-19-46)63-44-56(45-64(73)65(63)70)74-60-32-26-50(49-34-38-71-39-35-49)40-57(60)68(7)36-15-16-37-69(68,74)8/h9-14,17-35,38-45H,15-16,36-37H2,1-8H3. The Morgan fingerprint density at radius 1 is 0.419 bits per heavy atom. The molecule has 13 rings (SSSR count). The molecule has 0 saturated heterocycles. The highest BCUT2D eigenvalue weighted by Crippen LogP contribution is 2.62. The van der Waals surface area contributed by atoms with Gasteiger partial charge in [0.25, 0.3) is 6.71 Å². The highest BCUT2D eigenvalue weighted by atomic mass is 15.3. The molecule has 1 aromatic heterocycles. The van der Waals surface area contributed by atoms with E-state index < -0.39 is 0 Å². The second-order valence-corrected chi connectivity index (χ2v) is 24.0. The van der Waals surface area contributed by atoms with E-state index >= 15 is 0 Å². The lowest BCUT2D eigenvalue weighted by atomic mass is 9.33. The molecule has 9 aromatic rings. The predicted molar refractivity (Wildman–Crippen MR) is 315 cm³/mol. The molecule has 0 spiro atoms. The topological polar surface area (TPSA) is 22.6 Å². The summed E-state index contributed by atoms with van der Waals surface area (Å²) in [7, 11) is 0. The summed E-state index contributed by atoms with van der Waals surface area (Å²) in [4.78, 5) is 12.4. The molecule has 3 aliphatic heterocycles. The summed E-state index contributed by atoms with van der Waals surface area (Å²) in [5, 5.41) is 0. The van der Waals surface area contributed by atoms with E-state index in [4.69, 9.17) is 0 Å². The van der Waals surface area contributed by atoms with Gasteiger partial charge in [-0.3, -0.25) is 4.98 Å². The van der Waals surface area contributed by atoms with Gasteiger partial charge in [0.1, 0.15) is 0 Å². The minimum atomic E-state index is -0.187. The van der Waals surface area contributed by atoms with Crippen LogP contribution in [0.5, 0.6) is 0 Å². The normalized spacial score (nSPS) is 18.6. The second kappa shape index (κ2) is 17.0. The van der Waals surface area contributed by atoms with Gasteiger partial charge in [-0.25, -0.2) is 0 Å². The highest BCUT2D eigenvalue weighted by Gasteiger charge is 2.58. The van der Waals surface area contributed by atoms with Crippen LogP contribution in [-0.2, 0) is 16.2 Å². The van der Waals surface area contributed by atoms with E-state index in [1.165, 1.54) is 119 Å². The molecule has 2 atom stereocenters. The molecular weight excluding hydrogens is 896 g/mol. The van der Waals surface area contributed by atoms with Crippen molar-refractivity contribution in [1.29, 1.82) is 0 Å². The first-order valence-corrected chi connectivity index (χ1v) is 26.9. The summed E-state index contributed by atoms with van der Waals surface area (Å²) < 4.78 is 0. The maximum Gasteiger partial charge on any atom is 0.252 e. The Labute approximate surface area is 439 Å². The SMILES string of the molecule is CC(C)(C)c1cccc(N2c3cc(C(C)(C)C)ccc3B3c4cc(-c5ccccc5)ccc4N(c4ccc(-c5ccccc5)cc4)c4cc(N5c6ccc(-c7ccncc7)cc6C6(C)CCCCC56C)cc2c43)c1. The van der Waals surface area contributed by atoms with Crippen molar-refractivity contribution in [2.45, 2.75) is 103 Å². The van der Waals surface area contributed by atoms with E-state index in [0.29, 0.717) is 0 Å². The number of hydrogen-bond donors (Lipinski definition) is 0. The van der Waals surface area contributed by atoms with Crippen LogP contribution >= 0.6 is 0 Å². The fourth-order valence-electron chi connectivity index (χ4n) is 13.4. The second-order valence-electron chi connectivity index (χ2n) is 24.0. The highest BCUT2D eigenvalue weighted by molar-refractivity contribution is 7.00. The van der Waals surface area contributed by atoms with Gasteiger partial charge in [0.15, 0.2) is 0 Å². The number of aromatic nitrogens is 1. The third kappa shape index (κ3) is 7.21. The lowest BCUT2D eigenvalue weighted by Gasteiger charge is -2.51. The first-order chi connectivity index (χ1) is 35.7. The van der Waals surface area contributed by atoms with Gasteiger partial charge in [0, 0.05) is 63.3 Å². The van der Waals surface area contributed by atoms with Gasteiger partial charge in [-0.2, -0.15) is 0 Å². The van der Waals surface area contributed by atoms with E-state index in [9.17, 15) is 0 Å². The van der Waals surface area contributed by atoms with Gasteiger partial charge in [-0.1, -0.05) is 177 Å². The van der Waals surface area contributed by atoms with Crippen LogP contribution in [0.2, 0.25) is 0 Å². The Bertz CT molecular complexity index is 3630. The first kappa shape index (κ1) is 46.2. The average Bonchev–Trinajstić information content (AvgIpc) is 3.67. The van der Waals surface area contributed by atoms with E-state index in [1.54, 1.807) is 0 Å². The number of nitrogens with zero attached hydrogens (tertiary/aromatic N) is 4. The van der Waals surface area contributed by atoms with Crippen molar-refractivity contribution in [2.75, 3.05) is 14.7 Å². The summed E-state index contributed by atoms with van der Waals surface area (Å²) in [5.74, 6) is 0. The van der Waals surface area contributed by atoms with E-state index in [0.717, 1.165) is 18.5 Å². The molecule has 4 aliphatic rings. The van der Waals surface area contributed by atoms with Gasteiger partial charge in [-0.05, 0) is 170 Å². The Hall–Kier alpha value is -7.63. The van der Waals surface area contributed by atoms with Crippen LogP contribution in [0, 0.1) is 0 Å². The predicted octanol–water partition coefficient (Wildman–Crippen LogP) is 16.5. The number of anilines is 8. The maximum atomic E-state index is 4.38. The third-order valence-electron chi connectivity index (χ3n) is 17.6. The Balaban J connectivity index is 1.13. The van der Waals surface area contributed by atoms with Crippen molar-refractivity contribution in [3.63, 3.8) is 0 Å². The molecule has 0 bridgehead atoms. The van der Waals surface area contributed by atoms with Crippen LogP contribution in [-0.4, -0.2) is 17.2 Å². The molecule has 8 aromatic carbocycles. The molecule has 4 heterocycles. The molecule has 5 heteroatoms. The molecule has 74 heavy (non-hydrogen) atoms. The lowest BCUT2D eigenvalue weighted by Crippen LogP contribution is -2.61. The third-order valence-corrected chi connectivity index (χ3v) is 17.6. The molecule has 1 aliphatic carbocycles. The summed E-state index contributed by atoms with van der Waals surface area (Å²) in [5.41, 5.74) is 24.8. The quantitative estimate of drug-likeness (QED) is 0.155. The summed E-state index contributed by atoms with van der Waals surface area (Å²) in [6.45, 7) is 19.1. The number of fused-ring (bicyclic) bond motifs is 7. The van der Waals surface area contributed by atoms with E-state index in [-0.39, 0.29) is 28.5 Å². The number of benzene rings is 8. The van der Waals surface area contributed by atoms with Crippen molar-refractivity contribution >= 4 is 68.6 Å². The number of pyridine rings is 1. The van der Waals surface area contributed by atoms with Crippen molar-refractivity contribution in [3.05, 3.63) is 217 Å². The van der Waals surface area contributed by atoms with E-state index in [1.807, 2.05) is 12.4 Å². The van der Waals surface area contributed by atoms with Crippen LogP contribution in [0.3, 0.4) is 0 Å². The molecule has 1 fully saturated rings. The molecule has 1 saturated carbocycles. The van der Waals surface area contributed by atoms with Crippen molar-refractivity contribution in [1.82, 2.24) is 4.98 Å². The molecule has 4 nitrogen and oxygen atoms in total. The Morgan fingerprint density at radius 2 is 0.986 bits per heavy atom. The smallest absolute Gasteiger partial charge is 0.252 e. The van der Waals surface area contributed by atoms with Crippen LogP contribution < -0.4 is 31.1 Å². The zero-order chi connectivity index (χ0) is 50.7. The number of rotatable bonds is 6. The van der Waals surface area contributed by atoms with Crippen molar-refractivity contribution < 1.29 is 0 Å². The molecule has 2 unspecified atom stereocenters. The van der Waals surface area contributed by atoms with Gasteiger partial charge in [-0.15, -0.1) is 0 Å². The molecule has 0 N–H and O–H groups in total. The monoisotopic (exact) mass is 961 g/mol. The molecule has 0 amide bonds. The number of hydrogen-bond acceptors (Lipinski definition) is 4. The Kier molecular flexibility index (Phi) is 10.6. The fraction of sp³-hybridized carbons (Fsp3) is 0.232. The van der Waals surface area contributed by atoms with Gasteiger partial charge in [0.05, 0.1) is 5.54 Å². The van der Waals surface area contributed by atoms with Gasteiger partial charge >= 0.3 is 0 Å². The van der Waals surface area contributed by atoms with Crippen LogP contribution in [0.4, 0.5) is 45.5 Å². The van der Waals surface area contributed by atoms with Crippen LogP contribution in [0.25, 0.3) is 33.4 Å². The van der Waals surface area contributed by atoms with Crippen molar-refractivity contribution in [2.24, 2.45) is 0 Å². The van der Waals surface area contributed by atoms with E-state index in [2.05, 4.69) is 263 Å². The zero-order valence-corrected chi connectivity index (χ0v) is 44.2. The molecule has 0 radical (unpaired) electrons. The van der Waals surface area contributed by atoms with Crippen molar-refractivity contribution in [3.8, 4) is 33.4 Å². The minimum Gasteiger partial charge on any atom is -0.334 e. The molecule has 364 valence electrons.